The fourth-order valence-electron chi connectivity index (χ4n) is 2.09. The van der Waals surface area contributed by atoms with Crippen molar-refractivity contribution in [1.29, 1.82) is 0 Å². The molecule has 0 spiro atoms. The number of fused-ring (bicyclic) bond motifs is 1. The van der Waals surface area contributed by atoms with Crippen molar-refractivity contribution in [2.24, 2.45) is 5.92 Å². The van der Waals surface area contributed by atoms with Gasteiger partial charge in [0.25, 0.3) is 0 Å². The number of carbonyl (C=O) groups excluding carboxylic acids is 1. The zero-order valence-corrected chi connectivity index (χ0v) is 10.2. The van der Waals surface area contributed by atoms with Gasteiger partial charge in [-0.05, 0) is 24.8 Å². The van der Waals surface area contributed by atoms with E-state index < -0.39 is 0 Å². The number of ether oxygens (including phenoxy) is 1. The Labute approximate surface area is 106 Å². The number of rotatable bonds is 3. The summed E-state index contributed by atoms with van der Waals surface area (Å²) in [5, 5.41) is 5.35. The zero-order valence-electron chi connectivity index (χ0n) is 10.2. The van der Waals surface area contributed by atoms with E-state index in [2.05, 4.69) is 5.10 Å². The summed E-state index contributed by atoms with van der Waals surface area (Å²) < 4.78 is 6.61. The molecule has 2 radical (unpaired) electrons. The van der Waals surface area contributed by atoms with Gasteiger partial charge in [0.15, 0.2) is 0 Å². The first-order chi connectivity index (χ1) is 8.67. The van der Waals surface area contributed by atoms with Crippen molar-refractivity contribution in [1.82, 2.24) is 9.78 Å². The minimum atomic E-state index is -0.389. The van der Waals surface area contributed by atoms with E-state index in [1.54, 1.807) is 12.1 Å². The van der Waals surface area contributed by atoms with Crippen molar-refractivity contribution in [3.05, 3.63) is 23.9 Å². The lowest BCUT2D eigenvalue weighted by molar-refractivity contribution is 0.0601. The predicted molar refractivity (Wildman–Crippen MR) is 69.2 cm³/mol. The molecule has 0 unspecified atom stereocenters. The van der Waals surface area contributed by atoms with Gasteiger partial charge in [-0.25, -0.2) is 4.79 Å². The van der Waals surface area contributed by atoms with Gasteiger partial charge in [-0.2, -0.15) is 5.10 Å². The molecule has 0 bridgehead atoms. The van der Waals surface area contributed by atoms with Crippen molar-refractivity contribution in [2.75, 3.05) is 7.11 Å². The molecule has 0 N–H and O–H groups in total. The molecule has 2 aromatic rings. The molecule has 5 heteroatoms. The highest BCUT2D eigenvalue weighted by molar-refractivity contribution is 6.39. The molecule has 1 aromatic heterocycles. The van der Waals surface area contributed by atoms with Crippen LogP contribution in [0.2, 0.25) is 0 Å². The molecule has 0 saturated heterocycles. The van der Waals surface area contributed by atoms with Gasteiger partial charge >= 0.3 is 5.97 Å². The minimum Gasteiger partial charge on any atom is -0.465 e. The maximum Gasteiger partial charge on any atom is 0.337 e. The van der Waals surface area contributed by atoms with E-state index in [-0.39, 0.29) is 5.97 Å². The minimum absolute atomic E-state index is 0.389. The maximum absolute atomic E-state index is 11.5. The van der Waals surface area contributed by atoms with E-state index in [1.165, 1.54) is 20.0 Å². The van der Waals surface area contributed by atoms with Gasteiger partial charge in [-0.1, -0.05) is 11.5 Å². The molecule has 90 valence electrons. The summed E-state index contributed by atoms with van der Waals surface area (Å²) in [5.41, 5.74) is 1.75. The Morgan fingerprint density at radius 1 is 1.56 bits per heavy atom. The van der Waals surface area contributed by atoms with Crippen LogP contribution in [-0.4, -0.2) is 30.7 Å². The SMILES string of the molecule is [B]c1cc(C(=O)OC)cc2nn(CC3CC3)cc12. The van der Waals surface area contributed by atoms with Gasteiger partial charge in [0.1, 0.15) is 7.85 Å². The average molecular weight is 240 g/mol. The van der Waals surface area contributed by atoms with Crippen LogP contribution in [0.15, 0.2) is 18.3 Å². The van der Waals surface area contributed by atoms with Crippen molar-refractivity contribution >= 4 is 30.2 Å². The van der Waals surface area contributed by atoms with E-state index in [0.29, 0.717) is 11.0 Å². The summed E-state index contributed by atoms with van der Waals surface area (Å²) in [7, 11) is 7.30. The van der Waals surface area contributed by atoms with E-state index in [0.717, 1.165) is 23.4 Å². The summed E-state index contributed by atoms with van der Waals surface area (Å²) in [4.78, 5) is 11.5. The molecule has 1 aliphatic carbocycles. The van der Waals surface area contributed by atoms with Crippen LogP contribution >= 0.6 is 0 Å². The standard InChI is InChI=1S/C13H13BN2O2/c1-18-13(17)9-4-11(14)10-7-16(6-8-2-3-8)15-12(10)5-9/h4-5,7-8H,2-3,6H2,1H3. The van der Waals surface area contributed by atoms with Crippen molar-refractivity contribution in [2.45, 2.75) is 19.4 Å². The summed E-state index contributed by atoms with van der Waals surface area (Å²) in [6.07, 6.45) is 4.50. The van der Waals surface area contributed by atoms with Crippen LogP contribution in [0.3, 0.4) is 0 Å². The second-order valence-corrected chi connectivity index (χ2v) is 4.78. The van der Waals surface area contributed by atoms with E-state index in [9.17, 15) is 4.79 Å². The van der Waals surface area contributed by atoms with Crippen LogP contribution < -0.4 is 5.46 Å². The average Bonchev–Trinajstić information content (AvgIpc) is 3.06. The lowest BCUT2D eigenvalue weighted by atomic mass is 9.91. The quantitative estimate of drug-likeness (QED) is 0.594. The first kappa shape index (κ1) is 11.3. The van der Waals surface area contributed by atoms with Gasteiger partial charge in [-0.15, -0.1) is 0 Å². The number of hydrogen-bond acceptors (Lipinski definition) is 3. The highest BCUT2D eigenvalue weighted by atomic mass is 16.5. The first-order valence-electron chi connectivity index (χ1n) is 6.02. The lowest BCUT2D eigenvalue weighted by Crippen LogP contribution is -2.09. The smallest absolute Gasteiger partial charge is 0.337 e. The second kappa shape index (κ2) is 4.16. The number of methoxy groups -OCH3 is 1. The zero-order chi connectivity index (χ0) is 12.7. The molecule has 1 aliphatic rings. The molecule has 0 atom stereocenters. The highest BCUT2D eigenvalue weighted by Crippen LogP contribution is 2.30. The number of hydrogen-bond donors (Lipinski definition) is 0. The Kier molecular flexibility index (Phi) is 2.61. The normalized spacial score (nSPS) is 14.9. The Bertz CT molecular complexity index is 617. The molecule has 4 nitrogen and oxygen atoms in total. The summed E-state index contributed by atoms with van der Waals surface area (Å²) in [6.45, 7) is 0.932. The van der Waals surface area contributed by atoms with E-state index in [4.69, 9.17) is 12.6 Å². The molecule has 1 fully saturated rings. The molecular weight excluding hydrogens is 227 g/mol. The largest absolute Gasteiger partial charge is 0.465 e. The summed E-state index contributed by atoms with van der Waals surface area (Å²) >= 11 is 0. The van der Waals surface area contributed by atoms with Crippen molar-refractivity contribution in [3.63, 3.8) is 0 Å². The number of aromatic nitrogens is 2. The Morgan fingerprint density at radius 3 is 3.00 bits per heavy atom. The van der Waals surface area contributed by atoms with Crippen LogP contribution in [0.4, 0.5) is 0 Å². The molecule has 0 amide bonds. The van der Waals surface area contributed by atoms with Crippen LogP contribution in [0.25, 0.3) is 10.9 Å². The number of esters is 1. The molecule has 18 heavy (non-hydrogen) atoms. The van der Waals surface area contributed by atoms with Crippen LogP contribution in [-0.2, 0) is 11.3 Å². The van der Waals surface area contributed by atoms with Crippen LogP contribution in [0.1, 0.15) is 23.2 Å². The number of benzene rings is 1. The Hall–Kier alpha value is -1.78. The van der Waals surface area contributed by atoms with Gasteiger partial charge in [0.05, 0.1) is 18.2 Å². The van der Waals surface area contributed by atoms with Gasteiger partial charge in [-0.3, -0.25) is 4.68 Å². The molecule has 1 saturated carbocycles. The van der Waals surface area contributed by atoms with E-state index >= 15 is 0 Å². The molecule has 0 aliphatic heterocycles. The summed E-state index contributed by atoms with van der Waals surface area (Å²) in [5.74, 6) is 0.362. The molecular formula is C13H13BN2O2. The third-order valence-electron chi connectivity index (χ3n) is 3.27. The van der Waals surface area contributed by atoms with E-state index in [1.807, 2.05) is 10.9 Å². The third-order valence-corrected chi connectivity index (χ3v) is 3.27. The fraction of sp³-hybridized carbons (Fsp3) is 0.385. The maximum atomic E-state index is 11.5. The number of carbonyl (C=O) groups is 1. The van der Waals surface area contributed by atoms with Gasteiger partial charge in [0, 0.05) is 18.1 Å². The lowest BCUT2D eigenvalue weighted by Gasteiger charge is -2.01. The highest BCUT2D eigenvalue weighted by Gasteiger charge is 2.22. The first-order valence-corrected chi connectivity index (χ1v) is 6.02. The monoisotopic (exact) mass is 240 g/mol. The summed E-state index contributed by atoms with van der Waals surface area (Å²) in [6, 6.07) is 3.36. The van der Waals surface area contributed by atoms with Crippen molar-refractivity contribution in [3.8, 4) is 0 Å². The second-order valence-electron chi connectivity index (χ2n) is 4.78. The van der Waals surface area contributed by atoms with Crippen molar-refractivity contribution < 1.29 is 9.53 Å². The van der Waals surface area contributed by atoms with Gasteiger partial charge < -0.3 is 4.74 Å². The Morgan fingerprint density at radius 2 is 2.33 bits per heavy atom. The van der Waals surface area contributed by atoms with Crippen LogP contribution in [0, 0.1) is 5.92 Å². The predicted octanol–water partition coefficient (Wildman–Crippen LogP) is 1.03. The Balaban J connectivity index is 2.02. The number of nitrogens with zero attached hydrogens (tertiary/aromatic N) is 2. The molecule has 1 heterocycles. The topological polar surface area (TPSA) is 44.1 Å². The third kappa shape index (κ3) is 2.01. The molecule has 3 rings (SSSR count). The molecule has 1 aromatic carbocycles. The van der Waals surface area contributed by atoms with Crippen LogP contribution in [0.5, 0.6) is 0 Å². The van der Waals surface area contributed by atoms with Gasteiger partial charge in [0.2, 0.25) is 0 Å². The fourth-order valence-corrected chi connectivity index (χ4v) is 2.09.